The zero-order valence-corrected chi connectivity index (χ0v) is 25.1. The summed E-state index contributed by atoms with van der Waals surface area (Å²) in [5, 5.41) is 33.0. The summed E-state index contributed by atoms with van der Waals surface area (Å²) >= 11 is 0. The quantitative estimate of drug-likeness (QED) is 0.307. The van der Waals surface area contributed by atoms with E-state index in [0.717, 1.165) is 25.7 Å². The highest BCUT2D eigenvalue weighted by atomic mass is 16.8. The van der Waals surface area contributed by atoms with E-state index in [-0.39, 0.29) is 16.5 Å². The molecule has 220 valence electrons. The van der Waals surface area contributed by atoms with Crippen molar-refractivity contribution in [3.63, 3.8) is 0 Å². The maximum absolute atomic E-state index is 11.6. The summed E-state index contributed by atoms with van der Waals surface area (Å²) in [5.74, 6) is 3.74. The molecular weight excluding hydrogens is 502 g/mol. The van der Waals surface area contributed by atoms with Crippen molar-refractivity contribution >= 4 is 11.5 Å². The van der Waals surface area contributed by atoms with Gasteiger partial charge in [-0.05, 0) is 73.7 Å². The molecule has 3 saturated carbocycles. The second kappa shape index (κ2) is 9.63. The average molecular weight is 552 g/mol. The molecule has 11 unspecified atom stereocenters. The van der Waals surface area contributed by atoms with Crippen molar-refractivity contribution in [2.24, 2.45) is 46.3 Å². The van der Waals surface area contributed by atoms with E-state index < -0.39 is 22.5 Å². The summed E-state index contributed by atoms with van der Waals surface area (Å²) in [7, 11) is 0. The van der Waals surface area contributed by atoms with Gasteiger partial charge in [0.15, 0.2) is 11.5 Å². The molecule has 1 aromatic rings. The first-order valence-corrected chi connectivity index (χ1v) is 15.6. The number of hydroxylamine groups is 1. The van der Waals surface area contributed by atoms with Gasteiger partial charge in [0.05, 0.1) is 17.8 Å². The van der Waals surface area contributed by atoms with Crippen LogP contribution in [0.3, 0.4) is 0 Å². The lowest BCUT2D eigenvalue weighted by Crippen LogP contribution is -2.99. The number of aliphatic hydroxyl groups excluding tert-OH is 1. The standard InChI is InChI=1S/C33H49N3O4/c1-21(2)22(3)7-8-23(4)26-10-11-27-30(26,5)15-14-28-31(6)16-13-25(37)19-32(31)17-18-33(27,28)40-35(32)29-12-9-24(20-34-29)36(38)39/h7-9,12,17-18,20-23,25-28,36-38H,10-11,13-16,19H2,1-6H3. The van der Waals surface area contributed by atoms with Crippen molar-refractivity contribution < 1.29 is 20.4 Å². The monoisotopic (exact) mass is 551 g/mol. The molecule has 2 aliphatic heterocycles. The molecule has 0 aromatic carbocycles. The van der Waals surface area contributed by atoms with Crippen LogP contribution in [0.2, 0.25) is 0 Å². The number of nitrogens with zero attached hydrogens (tertiary/aromatic N) is 2. The summed E-state index contributed by atoms with van der Waals surface area (Å²) in [5.41, 5.74) is -0.686. The van der Waals surface area contributed by atoms with Gasteiger partial charge in [0.25, 0.3) is 0 Å². The van der Waals surface area contributed by atoms with Gasteiger partial charge in [0, 0.05) is 29.7 Å². The Morgan fingerprint density at radius 2 is 1.82 bits per heavy atom. The van der Waals surface area contributed by atoms with Crippen LogP contribution in [0, 0.1) is 51.5 Å². The van der Waals surface area contributed by atoms with E-state index in [0.29, 0.717) is 47.7 Å². The van der Waals surface area contributed by atoms with E-state index in [1.54, 1.807) is 12.1 Å². The molecule has 40 heavy (non-hydrogen) atoms. The normalized spacial score (nSPS) is 44.4. The molecule has 7 nitrogen and oxygen atoms in total. The Labute approximate surface area is 239 Å². The third-order valence-electron chi connectivity index (χ3n) is 12.6. The minimum absolute atomic E-state index is 0.0794. The van der Waals surface area contributed by atoms with Gasteiger partial charge in [-0.3, -0.25) is 4.84 Å². The number of aromatic nitrogens is 1. The van der Waals surface area contributed by atoms with Crippen LogP contribution in [0.1, 0.15) is 86.5 Å². The summed E-state index contributed by atoms with van der Waals surface area (Å²) in [4.78, 5) is 11.9. The van der Waals surface area contributed by atoms with Gasteiger partial charge in [0.1, 0.15) is 5.60 Å². The first kappa shape index (κ1) is 28.4. The highest BCUT2D eigenvalue weighted by Crippen LogP contribution is 2.73. The number of nitrogens with one attached hydrogen (secondary N) is 1. The van der Waals surface area contributed by atoms with Crippen LogP contribution in [-0.4, -0.2) is 32.5 Å². The molecule has 1 saturated heterocycles. The zero-order chi connectivity index (χ0) is 28.7. The maximum atomic E-state index is 11.6. The SMILES string of the molecule is CC(C)C(C)C=CC(C)C1CCC2C1(C)CCC1C23C=CC2(CC(O)CCC12C)N(c1ccc([NH+]([O-])O)cn1)O3. The van der Waals surface area contributed by atoms with E-state index in [2.05, 4.69) is 70.8 Å². The number of quaternary nitrogens is 1. The highest BCUT2D eigenvalue weighted by Gasteiger charge is 2.75. The number of allylic oxidation sites excluding steroid dienone is 2. The van der Waals surface area contributed by atoms with Crippen molar-refractivity contribution in [3.8, 4) is 0 Å². The van der Waals surface area contributed by atoms with Gasteiger partial charge >= 0.3 is 0 Å². The van der Waals surface area contributed by atoms with Crippen LogP contribution in [0.15, 0.2) is 42.6 Å². The molecule has 7 heteroatoms. The lowest BCUT2D eigenvalue weighted by atomic mass is 9.41. The van der Waals surface area contributed by atoms with E-state index in [1.165, 1.54) is 19.0 Å². The van der Waals surface area contributed by atoms with Crippen molar-refractivity contribution in [1.82, 2.24) is 4.98 Å². The molecule has 7 rings (SSSR count). The van der Waals surface area contributed by atoms with Crippen molar-refractivity contribution in [2.45, 2.75) is 104 Å². The van der Waals surface area contributed by atoms with Crippen LogP contribution in [0.25, 0.3) is 0 Å². The van der Waals surface area contributed by atoms with Crippen LogP contribution in [0.4, 0.5) is 11.5 Å². The van der Waals surface area contributed by atoms with E-state index in [1.807, 2.05) is 5.06 Å². The Hall–Kier alpha value is -1.77. The summed E-state index contributed by atoms with van der Waals surface area (Å²) in [6.07, 6.45) is 17.7. The lowest BCUT2D eigenvalue weighted by Gasteiger charge is -2.73. The summed E-state index contributed by atoms with van der Waals surface area (Å²) < 4.78 is 0. The summed E-state index contributed by atoms with van der Waals surface area (Å²) in [6, 6.07) is 3.40. The molecule has 2 spiro atoms. The van der Waals surface area contributed by atoms with Gasteiger partial charge in [0.2, 0.25) is 0 Å². The van der Waals surface area contributed by atoms with Gasteiger partial charge in [-0.2, -0.15) is 5.23 Å². The maximum Gasteiger partial charge on any atom is 0.182 e. The second-order valence-electron chi connectivity index (χ2n) is 14.7. The number of hydrogen-bond acceptors (Lipinski definition) is 6. The van der Waals surface area contributed by atoms with Crippen molar-refractivity contribution in [2.75, 3.05) is 5.06 Å². The number of anilines is 1. The molecule has 3 heterocycles. The van der Waals surface area contributed by atoms with Gasteiger partial charge in [-0.15, -0.1) is 0 Å². The van der Waals surface area contributed by atoms with Crippen molar-refractivity contribution in [1.29, 1.82) is 0 Å². The zero-order valence-electron chi connectivity index (χ0n) is 25.1. The molecular formula is C33H49N3O4. The number of fused-ring (bicyclic) bond motifs is 2. The topological polar surface area (TPSA) is 93.3 Å². The number of pyridine rings is 1. The molecule has 2 bridgehead atoms. The number of aliphatic hydroxyl groups is 1. The Morgan fingerprint density at radius 3 is 2.50 bits per heavy atom. The third-order valence-corrected chi connectivity index (χ3v) is 12.6. The average Bonchev–Trinajstić information content (AvgIpc) is 3.29. The lowest BCUT2D eigenvalue weighted by molar-refractivity contribution is -0.991. The molecule has 0 amide bonds. The fraction of sp³-hybridized carbons (Fsp3) is 0.727. The molecule has 1 aromatic heterocycles. The highest BCUT2D eigenvalue weighted by molar-refractivity contribution is 5.52. The van der Waals surface area contributed by atoms with Crippen LogP contribution in [0.5, 0.6) is 0 Å². The predicted molar refractivity (Wildman–Crippen MR) is 155 cm³/mol. The molecule has 0 radical (unpaired) electrons. The fourth-order valence-electron chi connectivity index (χ4n) is 9.95. The minimum atomic E-state index is -0.985. The smallest absolute Gasteiger partial charge is 0.182 e. The summed E-state index contributed by atoms with van der Waals surface area (Å²) in [6.45, 7) is 14.3. The van der Waals surface area contributed by atoms with Crippen LogP contribution < -0.4 is 10.3 Å². The molecule has 6 aliphatic rings. The largest absolute Gasteiger partial charge is 0.595 e. The Kier molecular flexibility index (Phi) is 6.83. The Bertz CT molecular complexity index is 1170. The second-order valence-corrected chi connectivity index (χ2v) is 14.7. The van der Waals surface area contributed by atoms with Crippen LogP contribution in [-0.2, 0) is 4.84 Å². The Balaban J connectivity index is 1.40. The molecule has 3 N–H and O–H groups in total. The van der Waals surface area contributed by atoms with E-state index >= 15 is 0 Å². The van der Waals surface area contributed by atoms with Gasteiger partial charge in [-0.1, -0.05) is 65.8 Å². The number of hydrogen-bond donors (Lipinski definition) is 3. The molecule has 11 atom stereocenters. The molecule has 4 aliphatic carbocycles. The van der Waals surface area contributed by atoms with E-state index in [4.69, 9.17) is 4.84 Å². The fourth-order valence-corrected chi connectivity index (χ4v) is 9.95. The van der Waals surface area contributed by atoms with Gasteiger partial charge < -0.3 is 10.3 Å². The number of rotatable bonds is 6. The Morgan fingerprint density at radius 1 is 1.05 bits per heavy atom. The predicted octanol–water partition coefficient (Wildman–Crippen LogP) is 5.76. The van der Waals surface area contributed by atoms with Gasteiger partial charge in [-0.25, -0.2) is 15.3 Å². The first-order valence-electron chi connectivity index (χ1n) is 15.6. The van der Waals surface area contributed by atoms with E-state index in [9.17, 15) is 15.5 Å². The minimum Gasteiger partial charge on any atom is -0.595 e. The van der Waals surface area contributed by atoms with Crippen LogP contribution >= 0.6 is 0 Å². The first-order chi connectivity index (χ1) is 18.9. The van der Waals surface area contributed by atoms with Crippen molar-refractivity contribution in [3.05, 3.63) is 47.8 Å². The molecule has 4 fully saturated rings. The third kappa shape index (κ3) is 3.84.